The number of methoxy groups -OCH3 is 1. The van der Waals surface area contributed by atoms with Gasteiger partial charge in [-0.05, 0) is 32.8 Å². The lowest BCUT2D eigenvalue weighted by Gasteiger charge is -2.37. The lowest BCUT2D eigenvalue weighted by atomic mass is 10.0. The summed E-state index contributed by atoms with van der Waals surface area (Å²) in [6.45, 7) is 6.50. The topological polar surface area (TPSA) is 77.1 Å². The van der Waals surface area contributed by atoms with Crippen LogP contribution in [0.15, 0.2) is 30.3 Å². The second-order valence-corrected chi connectivity index (χ2v) is 7.30. The third-order valence-electron chi connectivity index (χ3n) is 4.03. The molecule has 0 radical (unpaired) electrons. The summed E-state index contributed by atoms with van der Waals surface area (Å²) in [6, 6.07) is 9.31. The van der Waals surface area contributed by atoms with Gasteiger partial charge in [-0.2, -0.15) is 0 Å². The standard InChI is InChI=1S/C19H28N2O5/c1-19(2,3)26-17(22)20-15-10-11-21(12-16(15)24-4)18(23)25-13-14-8-6-5-7-9-14/h5-9,15-16H,10-13H2,1-4H3,(H,20,22)/t15?,16-/m1/s1. The van der Waals surface area contributed by atoms with E-state index in [9.17, 15) is 9.59 Å². The molecule has 144 valence electrons. The van der Waals surface area contributed by atoms with Crippen molar-refractivity contribution in [1.82, 2.24) is 10.2 Å². The molecule has 0 aliphatic carbocycles. The molecule has 1 aromatic rings. The lowest BCUT2D eigenvalue weighted by molar-refractivity contribution is -0.00445. The predicted octanol–water partition coefficient (Wildman–Crippen LogP) is 2.94. The van der Waals surface area contributed by atoms with E-state index < -0.39 is 11.7 Å². The maximum absolute atomic E-state index is 12.3. The van der Waals surface area contributed by atoms with Crippen molar-refractivity contribution in [1.29, 1.82) is 0 Å². The van der Waals surface area contributed by atoms with Crippen molar-refractivity contribution in [3.05, 3.63) is 35.9 Å². The Morgan fingerprint density at radius 3 is 2.54 bits per heavy atom. The van der Waals surface area contributed by atoms with E-state index >= 15 is 0 Å². The quantitative estimate of drug-likeness (QED) is 0.889. The SMILES string of the molecule is CO[C@@H]1CN(C(=O)OCc2ccccc2)CCC1NC(=O)OC(C)(C)C. The number of carbonyl (C=O) groups is 2. The number of hydrogen-bond acceptors (Lipinski definition) is 5. The fourth-order valence-electron chi connectivity index (χ4n) is 2.76. The Kier molecular flexibility index (Phi) is 6.85. The minimum Gasteiger partial charge on any atom is -0.445 e. The van der Waals surface area contributed by atoms with Crippen LogP contribution in [0.2, 0.25) is 0 Å². The summed E-state index contributed by atoms with van der Waals surface area (Å²) in [4.78, 5) is 25.9. The number of rotatable bonds is 4. The number of likely N-dealkylation sites (tertiary alicyclic amines) is 1. The number of amides is 2. The fourth-order valence-corrected chi connectivity index (χ4v) is 2.76. The maximum atomic E-state index is 12.3. The van der Waals surface area contributed by atoms with Gasteiger partial charge in [-0.1, -0.05) is 30.3 Å². The van der Waals surface area contributed by atoms with Crippen molar-refractivity contribution in [2.24, 2.45) is 0 Å². The molecular weight excluding hydrogens is 336 g/mol. The van der Waals surface area contributed by atoms with Crippen molar-refractivity contribution in [2.45, 2.75) is 51.5 Å². The molecule has 2 amide bonds. The molecule has 2 atom stereocenters. The van der Waals surface area contributed by atoms with Crippen LogP contribution in [-0.4, -0.2) is 55.0 Å². The molecule has 1 saturated heterocycles. The molecule has 0 saturated carbocycles. The zero-order chi connectivity index (χ0) is 19.2. The van der Waals surface area contributed by atoms with Gasteiger partial charge in [0.15, 0.2) is 0 Å². The van der Waals surface area contributed by atoms with Crippen LogP contribution in [0.25, 0.3) is 0 Å². The molecular formula is C19H28N2O5. The van der Waals surface area contributed by atoms with Gasteiger partial charge in [-0.3, -0.25) is 0 Å². The van der Waals surface area contributed by atoms with E-state index in [4.69, 9.17) is 14.2 Å². The Balaban J connectivity index is 1.84. The third-order valence-corrected chi connectivity index (χ3v) is 4.03. The minimum absolute atomic E-state index is 0.215. The first kappa shape index (κ1) is 20.0. The van der Waals surface area contributed by atoms with Crippen LogP contribution < -0.4 is 5.32 Å². The number of piperidine rings is 1. The number of hydrogen-bond donors (Lipinski definition) is 1. The van der Waals surface area contributed by atoms with Gasteiger partial charge in [0.2, 0.25) is 0 Å². The second-order valence-electron chi connectivity index (χ2n) is 7.30. The Morgan fingerprint density at radius 2 is 1.92 bits per heavy atom. The Bertz CT molecular complexity index is 600. The molecule has 7 heteroatoms. The van der Waals surface area contributed by atoms with E-state index in [1.165, 1.54) is 0 Å². The van der Waals surface area contributed by atoms with Gasteiger partial charge in [0.05, 0.1) is 18.7 Å². The number of ether oxygens (including phenoxy) is 3. The van der Waals surface area contributed by atoms with Gasteiger partial charge in [0.25, 0.3) is 0 Å². The van der Waals surface area contributed by atoms with Gasteiger partial charge in [-0.25, -0.2) is 9.59 Å². The summed E-state index contributed by atoms with van der Waals surface area (Å²) in [6.07, 6.45) is -0.616. The molecule has 0 aromatic heterocycles. The van der Waals surface area contributed by atoms with Crippen LogP contribution in [0.5, 0.6) is 0 Å². The molecule has 1 N–H and O–H groups in total. The van der Waals surface area contributed by atoms with Crippen molar-refractivity contribution in [3.8, 4) is 0 Å². The number of nitrogens with zero attached hydrogens (tertiary/aromatic N) is 1. The van der Waals surface area contributed by atoms with Gasteiger partial charge < -0.3 is 24.4 Å². The van der Waals surface area contributed by atoms with Gasteiger partial charge >= 0.3 is 12.2 Å². The molecule has 2 rings (SSSR count). The lowest BCUT2D eigenvalue weighted by Crippen LogP contribution is -2.56. The van der Waals surface area contributed by atoms with Crippen molar-refractivity contribution >= 4 is 12.2 Å². The van der Waals surface area contributed by atoms with Crippen LogP contribution in [-0.2, 0) is 20.8 Å². The fraction of sp³-hybridized carbons (Fsp3) is 0.579. The van der Waals surface area contributed by atoms with Crippen molar-refractivity contribution in [2.75, 3.05) is 20.2 Å². The summed E-state index contributed by atoms with van der Waals surface area (Å²) in [5.41, 5.74) is 0.375. The van der Waals surface area contributed by atoms with Crippen LogP contribution in [0, 0.1) is 0 Å². The molecule has 1 aromatic carbocycles. The molecule has 0 bridgehead atoms. The molecule has 26 heavy (non-hydrogen) atoms. The third kappa shape index (κ3) is 6.22. The number of nitrogens with one attached hydrogen (secondary N) is 1. The summed E-state index contributed by atoms with van der Waals surface area (Å²) >= 11 is 0. The highest BCUT2D eigenvalue weighted by atomic mass is 16.6. The summed E-state index contributed by atoms with van der Waals surface area (Å²) in [7, 11) is 1.56. The van der Waals surface area contributed by atoms with E-state index in [0.29, 0.717) is 19.5 Å². The van der Waals surface area contributed by atoms with Crippen LogP contribution in [0.1, 0.15) is 32.8 Å². The smallest absolute Gasteiger partial charge is 0.410 e. The van der Waals surface area contributed by atoms with E-state index in [0.717, 1.165) is 5.56 Å². The number of carbonyl (C=O) groups excluding carboxylic acids is 2. The van der Waals surface area contributed by atoms with E-state index in [-0.39, 0.29) is 24.8 Å². The molecule has 1 aliphatic heterocycles. The first-order chi connectivity index (χ1) is 12.3. The largest absolute Gasteiger partial charge is 0.445 e. The average molecular weight is 364 g/mol. The van der Waals surface area contributed by atoms with E-state index in [2.05, 4.69) is 5.32 Å². The highest BCUT2D eigenvalue weighted by Crippen LogP contribution is 2.16. The van der Waals surface area contributed by atoms with Crippen molar-refractivity contribution in [3.63, 3.8) is 0 Å². The van der Waals surface area contributed by atoms with Crippen LogP contribution >= 0.6 is 0 Å². The molecule has 7 nitrogen and oxygen atoms in total. The van der Waals surface area contributed by atoms with Gasteiger partial charge in [0, 0.05) is 13.7 Å². The van der Waals surface area contributed by atoms with Crippen LogP contribution in [0.4, 0.5) is 9.59 Å². The van der Waals surface area contributed by atoms with E-state index in [1.54, 1.807) is 12.0 Å². The highest BCUT2D eigenvalue weighted by Gasteiger charge is 2.34. The van der Waals surface area contributed by atoms with Crippen LogP contribution in [0.3, 0.4) is 0 Å². The summed E-state index contributed by atoms with van der Waals surface area (Å²) < 4.78 is 16.1. The zero-order valence-corrected chi connectivity index (χ0v) is 15.9. The Morgan fingerprint density at radius 1 is 1.23 bits per heavy atom. The first-order valence-electron chi connectivity index (χ1n) is 8.76. The number of benzene rings is 1. The molecule has 0 spiro atoms. The second kappa shape index (κ2) is 8.89. The summed E-state index contributed by atoms with van der Waals surface area (Å²) in [5, 5.41) is 2.83. The predicted molar refractivity (Wildman–Crippen MR) is 96.8 cm³/mol. The zero-order valence-electron chi connectivity index (χ0n) is 15.9. The van der Waals surface area contributed by atoms with Gasteiger partial charge in [-0.15, -0.1) is 0 Å². The molecule has 1 heterocycles. The average Bonchev–Trinajstić information content (AvgIpc) is 2.59. The molecule has 1 unspecified atom stereocenters. The van der Waals surface area contributed by atoms with E-state index in [1.807, 2.05) is 51.1 Å². The Labute approximate surface area is 154 Å². The minimum atomic E-state index is -0.561. The Hall–Kier alpha value is -2.28. The highest BCUT2D eigenvalue weighted by molar-refractivity contribution is 5.69. The van der Waals surface area contributed by atoms with Crippen molar-refractivity contribution < 1.29 is 23.8 Å². The molecule has 1 fully saturated rings. The molecule has 1 aliphatic rings. The summed E-state index contributed by atoms with van der Waals surface area (Å²) in [5.74, 6) is 0. The maximum Gasteiger partial charge on any atom is 0.410 e. The number of alkyl carbamates (subject to hydrolysis) is 1. The first-order valence-corrected chi connectivity index (χ1v) is 8.76. The van der Waals surface area contributed by atoms with Gasteiger partial charge in [0.1, 0.15) is 12.2 Å². The monoisotopic (exact) mass is 364 g/mol. The normalized spacial score (nSPS) is 20.4.